The number of piperidine rings is 2. The first-order chi connectivity index (χ1) is 35.4. The number of hydrogen-bond donors (Lipinski definition) is 3. The predicted molar refractivity (Wildman–Crippen MR) is 276 cm³/mol. The van der Waals surface area contributed by atoms with Crippen molar-refractivity contribution in [3.63, 3.8) is 0 Å². The zero-order valence-electron chi connectivity index (χ0n) is 42.3. The van der Waals surface area contributed by atoms with Gasteiger partial charge in [-0.15, -0.1) is 6.42 Å². The summed E-state index contributed by atoms with van der Waals surface area (Å²) in [5.41, 5.74) is 2.90. The smallest absolute Gasteiger partial charge is 0.319 e. The number of halogens is 2. The SMILES string of the molecule is C#Cc1c(F)ccc2cc(O)cc(-c3ncc4c(N5CC6CCC(C5)N6)nc(OCC5(CN(C)C(=O)CC(C)(C)CC(=O)N6CCC(c7ccc8c(c7)C(C)N=C8C7CCC(=O)NC7=O)CC6)CC5)nc4c3F)c12. The van der Waals surface area contributed by atoms with E-state index in [1.165, 1.54) is 36.0 Å². The number of carbonyl (C=O) groups excluding carboxylic acids is 4. The minimum absolute atomic E-state index is 0.0217. The summed E-state index contributed by atoms with van der Waals surface area (Å²) in [6.07, 6.45) is 13.7. The molecule has 1 saturated carbocycles. The second-order valence-electron chi connectivity index (χ2n) is 22.5. The van der Waals surface area contributed by atoms with Gasteiger partial charge in [0.25, 0.3) is 0 Å². The number of imide groups is 1. The summed E-state index contributed by atoms with van der Waals surface area (Å²) in [5, 5.41) is 17.8. The zero-order chi connectivity index (χ0) is 51.8. The largest absolute Gasteiger partial charge is 0.508 e. The number of ether oxygens (including phenoxy) is 1. The van der Waals surface area contributed by atoms with Crippen molar-refractivity contribution in [2.45, 2.75) is 109 Å². The lowest BCUT2D eigenvalue weighted by Crippen LogP contribution is -2.51. The van der Waals surface area contributed by atoms with Crippen LogP contribution in [-0.4, -0.2) is 118 Å². The van der Waals surface area contributed by atoms with Crippen LogP contribution in [0.4, 0.5) is 14.6 Å². The number of benzene rings is 3. The van der Waals surface area contributed by atoms with Crippen molar-refractivity contribution in [3.8, 4) is 35.4 Å². The van der Waals surface area contributed by atoms with Crippen LogP contribution in [0.25, 0.3) is 32.9 Å². The highest BCUT2D eigenvalue weighted by molar-refractivity contribution is 6.18. The molecule has 4 amide bonds. The fraction of sp³-hybridized carbons (Fsp3) is 0.474. The van der Waals surface area contributed by atoms with Crippen LogP contribution in [0.2, 0.25) is 0 Å². The highest BCUT2D eigenvalue weighted by Crippen LogP contribution is 2.47. The average molecular weight is 1010 g/mol. The number of carbonyl (C=O) groups is 4. The number of phenols is 1. The lowest BCUT2D eigenvalue weighted by atomic mass is 9.83. The number of fused-ring (bicyclic) bond motifs is 5. The Morgan fingerprint density at radius 2 is 1.74 bits per heavy atom. The maximum absolute atomic E-state index is 17.2. The lowest BCUT2D eigenvalue weighted by Gasteiger charge is -2.35. The van der Waals surface area contributed by atoms with Crippen molar-refractivity contribution in [3.05, 3.63) is 82.5 Å². The second kappa shape index (κ2) is 19.0. The van der Waals surface area contributed by atoms with Gasteiger partial charge in [-0.05, 0) is 97.9 Å². The molecule has 6 aliphatic rings. The first kappa shape index (κ1) is 49.2. The van der Waals surface area contributed by atoms with Crippen molar-refractivity contribution in [1.82, 2.24) is 35.4 Å². The number of likely N-dealkylation sites (tertiary alicyclic amines) is 1. The fourth-order valence-corrected chi connectivity index (χ4v) is 12.2. The Labute approximate surface area is 428 Å². The standard InChI is InChI=1S/C57H61F2N9O6/c1-6-38-44(58)13-8-34-21-37(69)23-42(48(34)38)51-49(59)52-43(26-60-51)53(68-27-35-9-10-36(28-68)62-35)65-55(64-52)74-30-57(17-18-57)29-66(5)46(71)24-56(3,4)25-47(72)67-19-15-32(16-20-67)33-7-11-39-41(22-33)31(2)61-50(39)40-12-14-45(70)63-54(40)73/h1,7-8,11,13,21-23,26,31-32,35-36,40,62,69H,9-10,12,14-20,24-25,27-30H2,2-5H3,(H,63,70,73). The summed E-state index contributed by atoms with van der Waals surface area (Å²) in [4.78, 5) is 76.8. The average Bonchev–Trinajstić information content (AvgIpc) is 3.95. The van der Waals surface area contributed by atoms with E-state index in [0.29, 0.717) is 62.2 Å². The van der Waals surface area contributed by atoms with Crippen LogP contribution in [0.5, 0.6) is 11.8 Å². The number of amides is 4. The molecule has 4 unspecified atom stereocenters. The zero-order valence-corrected chi connectivity index (χ0v) is 42.3. The van der Waals surface area contributed by atoms with Gasteiger partial charge in [0.2, 0.25) is 23.6 Å². The van der Waals surface area contributed by atoms with Crippen molar-refractivity contribution in [2.24, 2.45) is 21.7 Å². The third-order valence-electron chi connectivity index (χ3n) is 16.4. The van der Waals surface area contributed by atoms with Crippen LogP contribution in [0.1, 0.15) is 119 Å². The minimum atomic E-state index is -0.796. The van der Waals surface area contributed by atoms with E-state index in [9.17, 15) is 24.3 Å². The van der Waals surface area contributed by atoms with Gasteiger partial charge in [0.05, 0.1) is 35.2 Å². The Balaban J connectivity index is 0.733. The highest BCUT2D eigenvalue weighted by Gasteiger charge is 2.46. The van der Waals surface area contributed by atoms with E-state index >= 15 is 8.78 Å². The third kappa shape index (κ3) is 9.41. The van der Waals surface area contributed by atoms with Crippen LogP contribution in [0.15, 0.2) is 53.7 Å². The molecule has 5 fully saturated rings. The van der Waals surface area contributed by atoms with Crippen molar-refractivity contribution < 1.29 is 37.8 Å². The topological polar surface area (TPSA) is 183 Å². The number of aromatic nitrogens is 3. The van der Waals surface area contributed by atoms with Gasteiger partial charge in [-0.25, -0.2) is 8.78 Å². The third-order valence-corrected chi connectivity index (χ3v) is 16.4. The summed E-state index contributed by atoms with van der Waals surface area (Å²) in [6, 6.07) is 12.2. The number of aromatic hydroxyl groups is 1. The van der Waals surface area contributed by atoms with E-state index in [0.717, 1.165) is 55.4 Å². The molecular formula is C57H61F2N9O6. The number of terminal acetylenes is 1. The molecule has 5 aliphatic heterocycles. The quantitative estimate of drug-likeness (QED) is 0.0785. The number of anilines is 1. The van der Waals surface area contributed by atoms with Gasteiger partial charge < -0.3 is 29.9 Å². The number of pyridine rings is 1. The van der Waals surface area contributed by atoms with E-state index in [2.05, 4.69) is 49.6 Å². The molecule has 15 nitrogen and oxygen atoms in total. The highest BCUT2D eigenvalue weighted by atomic mass is 19.1. The van der Waals surface area contributed by atoms with Gasteiger partial charge >= 0.3 is 6.01 Å². The monoisotopic (exact) mass is 1010 g/mol. The number of aliphatic imine (C=N–C) groups is 1. The molecule has 4 atom stereocenters. The van der Waals surface area contributed by atoms with Gasteiger partial charge in [0, 0.05) is 99.2 Å². The molecule has 1 aliphatic carbocycles. The second-order valence-corrected chi connectivity index (χ2v) is 22.5. The molecule has 4 saturated heterocycles. The first-order valence-corrected chi connectivity index (χ1v) is 25.9. The van der Waals surface area contributed by atoms with Crippen LogP contribution >= 0.6 is 0 Å². The van der Waals surface area contributed by atoms with Crippen LogP contribution < -0.4 is 20.3 Å². The molecule has 2 aromatic heterocycles. The number of hydrogen-bond acceptors (Lipinski definition) is 12. The maximum atomic E-state index is 17.2. The number of piperazine rings is 1. The van der Waals surface area contributed by atoms with Gasteiger partial charge in [0.15, 0.2) is 5.82 Å². The van der Waals surface area contributed by atoms with Crippen molar-refractivity contribution in [2.75, 3.05) is 51.3 Å². The summed E-state index contributed by atoms with van der Waals surface area (Å²) in [5.74, 6) is 0.536. The van der Waals surface area contributed by atoms with Crippen LogP contribution in [-0.2, 0) is 19.2 Å². The Bertz CT molecular complexity index is 3220. The molecule has 5 aromatic rings. The molecule has 384 valence electrons. The van der Waals surface area contributed by atoms with Crippen LogP contribution in [0.3, 0.4) is 0 Å². The Morgan fingerprint density at radius 1 is 0.986 bits per heavy atom. The Kier molecular flexibility index (Phi) is 12.6. The predicted octanol–water partition coefficient (Wildman–Crippen LogP) is 7.50. The molecule has 7 heterocycles. The summed E-state index contributed by atoms with van der Waals surface area (Å²) in [6.45, 7) is 9.09. The maximum Gasteiger partial charge on any atom is 0.319 e. The van der Waals surface area contributed by atoms with E-state index in [4.69, 9.17) is 21.1 Å². The van der Waals surface area contributed by atoms with E-state index in [1.54, 1.807) is 11.9 Å². The van der Waals surface area contributed by atoms with Gasteiger partial charge in [-0.2, -0.15) is 9.97 Å². The number of rotatable bonds is 13. The van der Waals surface area contributed by atoms with Gasteiger partial charge in [-0.3, -0.25) is 34.5 Å². The van der Waals surface area contributed by atoms with Gasteiger partial charge in [0.1, 0.15) is 28.6 Å². The van der Waals surface area contributed by atoms with E-state index in [1.807, 2.05) is 25.7 Å². The molecular weight excluding hydrogens is 945 g/mol. The van der Waals surface area contributed by atoms with Crippen LogP contribution in [0, 0.1) is 40.7 Å². The van der Waals surface area contributed by atoms with Crippen molar-refractivity contribution >= 4 is 56.8 Å². The number of nitrogens with zero attached hydrogens (tertiary/aromatic N) is 7. The van der Waals surface area contributed by atoms with Gasteiger partial charge in [-0.1, -0.05) is 44.0 Å². The molecule has 2 bridgehead atoms. The Hall–Kier alpha value is -7.06. The van der Waals surface area contributed by atoms with E-state index < -0.39 is 23.0 Å². The summed E-state index contributed by atoms with van der Waals surface area (Å²) in [7, 11) is 1.78. The molecule has 11 rings (SSSR count). The summed E-state index contributed by atoms with van der Waals surface area (Å²) >= 11 is 0. The normalized spacial score (nSPS) is 22.4. The summed E-state index contributed by atoms with van der Waals surface area (Å²) < 4.78 is 38.6. The fourth-order valence-electron chi connectivity index (χ4n) is 12.2. The molecule has 0 spiro atoms. The number of nitrogens with one attached hydrogen (secondary N) is 2. The minimum Gasteiger partial charge on any atom is -0.508 e. The molecule has 74 heavy (non-hydrogen) atoms. The Morgan fingerprint density at radius 3 is 2.46 bits per heavy atom. The lowest BCUT2D eigenvalue weighted by molar-refractivity contribution is -0.138. The molecule has 3 N–H and O–H groups in total. The molecule has 17 heteroatoms. The van der Waals surface area contributed by atoms with Crippen molar-refractivity contribution in [1.29, 1.82) is 0 Å². The molecule has 0 radical (unpaired) electrons. The first-order valence-electron chi connectivity index (χ1n) is 25.9. The molecule has 3 aromatic carbocycles. The van der Waals surface area contributed by atoms with E-state index in [-0.39, 0.29) is 112 Å². The number of phenolic OH excluding ortho intramolecular Hbond substituents is 1.